The van der Waals surface area contributed by atoms with E-state index in [1.165, 1.54) is 29.1 Å². The third kappa shape index (κ3) is 2.16. The van der Waals surface area contributed by atoms with Crippen molar-refractivity contribution in [1.82, 2.24) is 9.78 Å². The van der Waals surface area contributed by atoms with Gasteiger partial charge in [0.15, 0.2) is 0 Å². The van der Waals surface area contributed by atoms with Crippen LogP contribution < -0.4 is 0 Å². The number of halogens is 1. The largest absolute Gasteiger partial charge is 0.294 e. The predicted octanol–water partition coefficient (Wildman–Crippen LogP) is 2.41. The molecule has 1 aromatic heterocycles. The zero-order chi connectivity index (χ0) is 12.4. The van der Waals surface area contributed by atoms with Gasteiger partial charge in [0.2, 0.25) is 0 Å². The molecule has 6 nitrogen and oxygen atoms in total. The fourth-order valence-electron chi connectivity index (χ4n) is 1.36. The van der Waals surface area contributed by atoms with E-state index < -0.39 is 4.92 Å². The molecule has 0 atom stereocenters. The average Bonchev–Trinajstić information content (AvgIpc) is 2.75. The summed E-state index contributed by atoms with van der Waals surface area (Å²) in [6, 6.07) is 6.06. The van der Waals surface area contributed by atoms with Gasteiger partial charge in [-0.2, -0.15) is 10.4 Å². The maximum absolute atomic E-state index is 10.9. The highest BCUT2D eigenvalue weighted by atomic mass is 79.9. The lowest BCUT2D eigenvalue weighted by Gasteiger charge is -2.02. The van der Waals surface area contributed by atoms with Crippen LogP contribution in [0.2, 0.25) is 0 Å². The Kier molecular flexibility index (Phi) is 2.89. The third-order valence-corrected chi connectivity index (χ3v) is 2.51. The molecule has 17 heavy (non-hydrogen) atoms. The second-order valence-corrected chi connectivity index (χ2v) is 4.09. The second kappa shape index (κ2) is 4.35. The van der Waals surface area contributed by atoms with Gasteiger partial charge in [0.05, 0.1) is 27.2 Å². The summed E-state index contributed by atoms with van der Waals surface area (Å²) in [6.07, 6.45) is 3.10. The topological polar surface area (TPSA) is 84.7 Å². The van der Waals surface area contributed by atoms with Crippen LogP contribution in [0.3, 0.4) is 0 Å². The molecule has 0 saturated heterocycles. The molecule has 0 spiro atoms. The lowest BCUT2D eigenvalue weighted by atomic mass is 10.2. The van der Waals surface area contributed by atoms with Crippen LogP contribution in [0.25, 0.3) is 5.69 Å². The van der Waals surface area contributed by atoms with Crippen LogP contribution >= 0.6 is 15.9 Å². The molecule has 7 heteroatoms. The summed E-state index contributed by atoms with van der Waals surface area (Å²) in [5, 5.41) is 23.6. The van der Waals surface area contributed by atoms with Gasteiger partial charge >= 0.3 is 0 Å². The highest BCUT2D eigenvalue weighted by molar-refractivity contribution is 9.10. The molecule has 0 aliphatic heterocycles. The van der Waals surface area contributed by atoms with Crippen molar-refractivity contribution in [2.24, 2.45) is 0 Å². The fraction of sp³-hybridized carbons (Fsp3) is 0. The first-order chi connectivity index (χ1) is 8.11. The Bertz CT molecular complexity index is 629. The molecule has 0 aliphatic rings. The highest BCUT2D eigenvalue weighted by Crippen LogP contribution is 2.24. The number of rotatable bonds is 2. The molecule has 0 fully saturated rings. The number of nitriles is 1. The van der Waals surface area contributed by atoms with Crippen LogP contribution in [0, 0.1) is 21.4 Å². The molecule has 84 valence electrons. The second-order valence-electron chi connectivity index (χ2n) is 3.18. The number of nitro benzene ring substituents is 1. The summed E-state index contributed by atoms with van der Waals surface area (Å²) in [6.45, 7) is 0. The predicted molar refractivity (Wildman–Crippen MR) is 62.6 cm³/mol. The molecule has 2 rings (SSSR count). The summed E-state index contributed by atoms with van der Waals surface area (Å²) in [4.78, 5) is 10.4. The summed E-state index contributed by atoms with van der Waals surface area (Å²) in [7, 11) is 0. The van der Waals surface area contributed by atoms with Crippen molar-refractivity contribution in [3.63, 3.8) is 0 Å². The SMILES string of the molecule is N#Cc1ccc([N+](=O)[O-])c(-n2cc(Br)cn2)c1. The van der Waals surface area contributed by atoms with Crippen molar-refractivity contribution in [2.45, 2.75) is 0 Å². The minimum Gasteiger partial charge on any atom is -0.258 e. The summed E-state index contributed by atoms with van der Waals surface area (Å²) in [5.41, 5.74) is 0.511. The van der Waals surface area contributed by atoms with Crippen molar-refractivity contribution < 1.29 is 4.92 Å². The van der Waals surface area contributed by atoms with Crippen LogP contribution in [-0.2, 0) is 0 Å². The number of nitro groups is 1. The molecule has 0 bridgehead atoms. The molecule has 1 heterocycles. The third-order valence-electron chi connectivity index (χ3n) is 2.10. The highest BCUT2D eigenvalue weighted by Gasteiger charge is 2.16. The Morgan fingerprint density at radius 1 is 1.53 bits per heavy atom. The molecular weight excluding hydrogens is 288 g/mol. The number of hydrogen-bond acceptors (Lipinski definition) is 4. The first-order valence-electron chi connectivity index (χ1n) is 4.51. The van der Waals surface area contributed by atoms with Gasteiger partial charge in [0.25, 0.3) is 5.69 Å². The lowest BCUT2D eigenvalue weighted by Crippen LogP contribution is -2.01. The average molecular weight is 293 g/mol. The van der Waals surface area contributed by atoms with E-state index >= 15 is 0 Å². The number of aromatic nitrogens is 2. The van der Waals surface area contributed by atoms with Gasteiger partial charge in [0, 0.05) is 12.3 Å². The first-order valence-corrected chi connectivity index (χ1v) is 5.30. The summed E-state index contributed by atoms with van der Waals surface area (Å²) >= 11 is 3.21. The van der Waals surface area contributed by atoms with E-state index in [-0.39, 0.29) is 11.4 Å². The van der Waals surface area contributed by atoms with E-state index in [0.717, 1.165) is 0 Å². The van der Waals surface area contributed by atoms with E-state index in [9.17, 15) is 10.1 Å². The minimum absolute atomic E-state index is 0.0976. The molecule has 0 unspecified atom stereocenters. The van der Waals surface area contributed by atoms with E-state index in [1.54, 1.807) is 6.20 Å². The van der Waals surface area contributed by atoms with Gasteiger partial charge < -0.3 is 0 Å². The van der Waals surface area contributed by atoms with Gasteiger partial charge in [-0.25, -0.2) is 4.68 Å². The van der Waals surface area contributed by atoms with Gasteiger partial charge in [-0.3, -0.25) is 10.1 Å². The Morgan fingerprint density at radius 2 is 2.29 bits per heavy atom. The van der Waals surface area contributed by atoms with Crippen molar-refractivity contribution in [1.29, 1.82) is 5.26 Å². The zero-order valence-electron chi connectivity index (χ0n) is 8.37. The lowest BCUT2D eigenvalue weighted by molar-refractivity contribution is -0.384. The Balaban J connectivity index is 2.65. The first kappa shape index (κ1) is 11.3. The smallest absolute Gasteiger partial charge is 0.258 e. The van der Waals surface area contributed by atoms with Gasteiger partial charge in [-0.05, 0) is 28.1 Å². The van der Waals surface area contributed by atoms with Gasteiger partial charge in [0.1, 0.15) is 5.69 Å². The molecule has 0 radical (unpaired) electrons. The normalized spacial score (nSPS) is 9.88. The van der Waals surface area contributed by atoms with Crippen molar-refractivity contribution in [2.75, 3.05) is 0 Å². The Labute approximate surface area is 104 Å². The van der Waals surface area contributed by atoms with E-state index in [1.807, 2.05) is 6.07 Å². The van der Waals surface area contributed by atoms with Crippen LogP contribution in [0.4, 0.5) is 5.69 Å². The van der Waals surface area contributed by atoms with E-state index in [0.29, 0.717) is 10.0 Å². The summed E-state index contributed by atoms with van der Waals surface area (Å²) in [5.74, 6) is 0. The maximum Gasteiger partial charge on any atom is 0.294 e. The molecule has 0 aliphatic carbocycles. The maximum atomic E-state index is 10.9. The quantitative estimate of drug-likeness (QED) is 0.628. The molecule has 0 saturated carbocycles. The monoisotopic (exact) mass is 292 g/mol. The molecule has 0 amide bonds. The Hall–Kier alpha value is -2.20. The van der Waals surface area contributed by atoms with E-state index in [4.69, 9.17) is 5.26 Å². The van der Waals surface area contributed by atoms with Crippen molar-refractivity contribution >= 4 is 21.6 Å². The summed E-state index contributed by atoms with van der Waals surface area (Å²) < 4.78 is 2.05. The van der Waals surface area contributed by atoms with Crippen molar-refractivity contribution in [3.05, 3.63) is 50.7 Å². The molecule has 1 aromatic carbocycles. The van der Waals surface area contributed by atoms with Crippen LogP contribution in [0.15, 0.2) is 35.1 Å². The molecular formula is C10H5BrN4O2. The zero-order valence-corrected chi connectivity index (χ0v) is 9.96. The van der Waals surface area contributed by atoms with Crippen LogP contribution in [0.1, 0.15) is 5.56 Å². The standard InChI is InChI=1S/C10H5BrN4O2/c11-8-5-13-14(6-8)10-3-7(4-12)1-2-9(10)15(16)17/h1-3,5-6H. The minimum atomic E-state index is -0.508. The van der Waals surface area contributed by atoms with Crippen molar-refractivity contribution in [3.8, 4) is 11.8 Å². The van der Waals surface area contributed by atoms with E-state index in [2.05, 4.69) is 21.0 Å². The molecule has 0 N–H and O–H groups in total. The van der Waals surface area contributed by atoms with Crippen LogP contribution in [0.5, 0.6) is 0 Å². The number of nitrogens with zero attached hydrogens (tertiary/aromatic N) is 4. The van der Waals surface area contributed by atoms with Crippen LogP contribution in [-0.4, -0.2) is 14.7 Å². The fourth-order valence-corrected chi connectivity index (χ4v) is 1.65. The number of benzene rings is 1. The van der Waals surface area contributed by atoms with Gasteiger partial charge in [-0.1, -0.05) is 0 Å². The molecule has 2 aromatic rings. The number of hydrogen-bond donors (Lipinski definition) is 0. The van der Waals surface area contributed by atoms with Gasteiger partial charge in [-0.15, -0.1) is 0 Å². The Morgan fingerprint density at radius 3 is 2.82 bits per heavy atom.